The molecule has 0 fully saturated rings. The molecule has 114 valence electrons. The highest BCUT2D eigenvalue weighted by molar-refractivity contribution is 5.90. The van der Waals surface area contributed by atoms with Gasteiger partial charge >= 0.3 is 5.63 Å². The number of aromatic nitrogens is 2. The van der Waals surface area contributed by atoms with Gasteiger partial charge in [-0.2, -0.15) is 10.4 Å². The van der Waals surface area contributed by atoms with E-state index in [1.54, 1.807) is 24.4 Å². The predicted octanol–water partition coefficient (Wildman–Crippen LogP) is 2.38. The third-order valence-corrected chi connectivity index (χ3v) is 3.34. The SMILES string of the molecule is N#CCCn1cc(C=NO)c(-c2cc3ccccc3oc2=O)n1. The van der Waals surface area contributed by atoms with Crippen molar-refractivity contribution >= 4 is 17.2 Å². The van der Waals surface area contributed by atoms with Gasteiger partial charge in [0.05, 0.1) is 30.8 Å². The monoisotopic (exact) mass is 308 g/mol. The molecule has 0 spiro atoms. The van der Waals surface area contributed by atoms with Crippen molar-refractivity contribution in [1.82, 2.24) is 9.78 Å². The van der Waals surface area contributed by atoms with E-state index in [0.29, 0.717) is 23.4 Å². The molecule has 0 amide bonds. The summed E-state index contributed by atoms with van der Waals surface area (Å²) in [4.78, 5) is 12.2. The second-order valence-electron chi connectivity index (χ2n) is 4.83. The van der Waals surface area contributed by atoms with E-state index in [1.165, 1.54) is 10.9 Å². The first-order valence-corrected chi connectivity index (χ1v) is 6.88. The molecule has 2 heterocycles. The summed E-state index contributed by atoms with van der Waals surface area (Å²) >= 11 is 0. The first-order valence-electron chi connectivity index (χ1n) is 6.88. The zero-order valence-electron chi connectivity index (χ0n) is 12.0. The Labute approximate surface area is 130 Å². The number of aryl methyl sites for hydroxylation is 1. The fraction of sp³-hybridized carbons (Fsp3) is 0.125. The highest BCUT2D eigenvalue weighted by atomic mass is 16.4. The molecule has 0 unspecified atom stereocenters. The summed E-state index contributed by atoms with van der Waals surface area (Å²) in [5.41, 5.74) is 1.05. The van der Waals surface area contributed by atoms with Crippen molar-refractivity contribution in [3.8, 4) is 17.3 Å². The minimum Gasteiger partial charge on any atom is -0.422 e. The molecule has 7 heteroatoms. The number of nitrogens with zero attached hydrogens (tertiary/aromatic N) is 4. The maximum atomic E-state index is 12.2. The number of rotatable bonds is 4. The molecular formula is C16H12N4O3. The molecule has 0 aliphatic carbocycles. The Morgan fingerprint density at radius 2 is 2.26 bits per heavy atom. The van der Waals surface area contributed by atoms with Crippen molar-refractivity contribution in [3.05, 3.63) is 52.5 Å². The quantitative estimate of drug-likeness (QED) is 0.345. The van der Waals surface area contributed by atoms with E-state index in [9.17, 15) is 4.79 Å². The molecule has 0 saturated heterocycles. The van der Waals surface area contributed by atoms with Gasteiger partial charge in [0.25, 0.3) is 0 Å². The van der Waals surface area contributed by atoms with Crippen molar-refractivity contribution in [2.75, 3.05) is 0 Å². The fourth-order valence-electron chi connectivity index (χ4n) is 2.31. The van der Waals surface area contributed by atoms with Crippen LogP contribution in [-0.2, 0) is 6.54 Å². The molecular weight excluding hydrogens is 296 g/mol. The smallest absolute Gasteiger partial charge is 0.345 e. The molecule has 0 radical (unpaired) electrons. The fourth-order valence-corrected chi connectivity index (χ4v) is 2.31. The van der Waals surface area contributed by atoms with Gasteiger partial charge in [-0.15, -0.1) is 0 Å². The maximum absolute atomic E-state index is 12.2. The number of hydrogen-bond donors (Lipinski definition) is 1. The second kappa shape index (κ2) is 6.15. The van der Waals surface area contributed by atoms with Gasteiger partial charge in [-0.1, -0.05) is 23.4 Å². The van der Waals surface area contributed by atoms with Gasteiger partial charge in [-0.3, -0.25) is 4.68 Å². The van der Waals surface area contributed by atoms with E-state index < -0.39 is 5.63 Å². The van der Waals surface area contributed by atoms with Crippen molar-refractivity contribution in [1.29, 1.82) is 5.26 Å². The molecule has 0 aliphatic rings. The summed E-state index contributed by atoms with van der Waals surface area (Å²) in [6, 6.07) is 10.9. The minimum absolute atomic E-state index is 0.273. The van der Waals surface area contributed by atoms with Crippen LogP contribution in [0.1, 0.15) is 12.0 Å². The summed E-state index contributed by atoms with van der Waals surface area (Å²) in [5, 5.41) is 25.5. The van der Waals surface area contributed by atoms with Crippen molar-refractivity contribution in [2.45, 2.75) is 13.0 Å². The van der Waals surface area contributed by atoms with Gasteiger partial charge in [-0.25, -0.2) is 4.79 Å². The summed E-state index contributed by atoms with van der Waals surface area (Å²) in [6.45, 7) is 0.377. The lowest BCUT2D eigenvalue weighted by Gasteiger charge is -2.00. The van der Waals surface area contributed by atoms with E-state index in [4.69, 9.17) is 14.9 Å². The van der Waals surface area contributed by atoms with Crippen molar-refractivity contribution < 1.29 is 9.62 Å². The zero-order chi connectivity index (χ0) is 16.2. The molecule has 2 aromatic heterocycles. The standard InChI is InChI=1S/C16H12N4O3/c17-6-3-7-20-10-12(9-18-22)15(19-20)13-8-11-4-1-2-5-14(11)23-16(13)21/h1-2,4-5,8-10,22H,3,7H2. The highest BCUT2D eigenvalue weighted by Gasteiger charge is 2.15. The van der Waals surface area contributed by atoms with Crippen LogP contribution in [0.2, 0.25) is 0 Å². The molecule has 1 N–H and O–H groups in total. The van der Waals surface area contributed by atoms with E-state index in [2.05, 4.69) is 10.3 Å². The largest absolute Gasteiger partial charge is 0.422 e. The number of benzene rings is 1. The summed E-state index contributed by atoms with van der Waals surface area (Å²) in [7, 11) is 0. The van der Waals surface area contributed by atoms with Crippen LogP contribution in [0.5, 0.6) is 0 Å². The lowest BCUT2D eigenvalue weighted by atomic mass is 10.1. The van der Waals surface area contributed by atoms with Gasteiger partial charge in [-0.05, 0) is 12.1 Å². The lowest BCUT2D eigenvalue weighted by Crippen LogP contribution is -2.05. The van der Waals surface area contributed by atoms with Crippen LogP contribution in [0.15, 0.2) is 50.9 Å². The third-order valence-electron chi connectivity index (χ3n) is 3.34. The van der Waals surface area contributed by atoms with Gasteiger partial charge in [0.1, 0.15) is 11.3 Å². The summed E-state index contributed by atoms with van der Waals surface area (Å²) in [6.07, 6.45) is 3.09. The Morgan fingerprint density at radius 1 is 1.43 bits per heavy atom. The van der Waals surface area contributed by atoms with E-state index in [-0.39, 0.29) is 12.0 Å². The van der Waals surface area contributed by atoms with E-state index in [0.717, 1.165) is 5.39 Å². The van der Waals surface area contributed by atoms with E-state index >= 15 is 0 Å². The Kier molecular flexibility index (Phi) is 3.89. The topological polar surface area (TPSA) is 104 Å². The predicted molar refractivity (Wildman–Crippen MR) is 83.3 cm³/mol. The van der Waals surface area contributed by atoms with Crippen molar-refractivity contribution in [3.63, 3.8) is 0 Å². The molecule has 0 aliphatic heterocycles. The summed E-state index contributed by atoms with van der Waals surface area (Å²) < 4.78 is 6.84. The molecule has 23 heavy (non-hydrogen) atoms. The van der Waals surface area contributed by atoms with Gasteiger partial charge in [0.2, 0.25) is 0 Å². The number of para-hydroxylation sites is 1. The number of nitriles is 1. The Balaban J connectivity index is 2.17. The molecule has 3 aromatic rings. The third kappa shape index (κ3) is 2.82. The zero-order valence-corrected chi connectivity index (χ0v) is 12.0. The van der Waals surface area contributed by atoms with Crippen molar-refractivity contribution in [2.24, 2.45) is 5.16 Å². The second-order valence-corrected chi connectivity index (χ2v) is 4.83. The Morgan fingerprint density at radius 3 is 3.04 bits per heavy atom. The highest BCUT2D eigenvalue weighted by Crippen LogP contribution is 2.22. The average Bonchev–Trinajstić information content (AvgIpc) is 2.95. The van der Waals surface area contributed by atoms with Crippen LogP contribution in [0.25, 0.3) is 22.2 Å². The van der Waals surface area contributed by atoms with Gasteiger partial charge < -0.3 is 9.62 Å². The van der Waals surface area contributed by atoms with Crippen LogP contribution in [0.4, 0.5) is 0 Å². The van der Waals surface area contributed by atoms with Crippen LogP contribution >= 0.6 is 0 Å². The van der Waals surface area contributed by atoms with Gasteiger partial charge in [0.15, 0.2) is 0 Å². The van der Waals surface area contributed by atoms with Crippen LogP contribution in [-0.4, -0.2) is 21.2 Å². The Hall–Kier alpha value is -3.40. The molecule has 0 atom stereocenters. The van der Waals surface area contributed by atoms with Crippen LogP contribution in [0, 0.1) is 11.3 Å². The minimum atomic E-state index is -0.526. The van der Waals surface area contributed by atoms with E-state index in [1.807, 2.05) is 18.2 Å². The van der Waals surface area contributed by atoms with Gasteiger partial charge in [0, 0.05) is 17.1 Å². The molecule has 0 bridgehead atoms. The van der Waals surface area contributed by atoms with Crippen LogP contribution in [0.3, 0.4) is 0 Å². The lowest BCUT2D eigenvalue weighted by molar-refractivity contribution is 0.322. The summed E-state index contributed by atoms with van der Waals surface area (Å²) in [5.74, 6) is 0. The average molecular weight is 308 g/mol. The number of fused-ring (bicyclic) bond motifs is 1. The molecule has 7 nitrogen and oxygen atoms in total. The molecule has 3 rings (SSSR count). The maximum Gasteiger partial charge on any atom is 0.345 e. The normalized spacial score (nSPS) is 11.1. The Bertz CT molecular complexity index is 979. The number of oxime groups is 1. The first kappa shape index (κ1) is 14.5. The number of hydrogen-bond acceptors (Lipinski definition) is 6. The first-order chi connectivity index (χ1) is 11.2. The molecule has 1 aromatic carbocycles. The molecule has 0 saturated carbocycles. The van der Waals surface area contributed by atoms with Crippen LogP contribution < -0.4 is 5.63 Å².